The van der Waals surface area contributed by atoms with Crippen molar-refractivity contribution in [2.45, 2.75) is 51.0 Å². The summed E-state index contributed by atoms with van der Waals surface area (Å²) in [5.41, 5.74) is -0.241. The predicted octanol–water partition coefficient (Wildman–Crippen LogP) is 4.44. The van der Waals surface area contributed by atoms with E-state index in [0.29, 0.717) is 16.6 Å². The van der Waals surface area contributed by atoms with Crippen molar-refractivity contribution < 1.29 is 13.9 Å². The van der Waals surface area contributed by atoms with Crippen LogP contribution in [0.1, 0.15) is 44.6 Å². The molecule has 4 heteroatoms. The molecule has 0 unspecified atom stereocenters. The van der Waals surface area contributed by atoms with Crippen LogP contribution in [0, 0.1) is 5.82 Å². The maximum atomic E-state index is 13.9. The molecule has 20 heavy (non-hydrogen) atoms. The van der Waals surface area contributed by atoms with E-state index in [1.165, 1.54) is 6.07 Å². The van der Waals surface area contributed by atoms with Crippen LogP contribution in [0.3, 0.4) is 0 Å². The molecule has 1 aromatic rings. The average molecular weight is 343 g/mol. The van der Waals surface area contributed by atoms with E-state index >= 15 is 0 Å². The molecular weight excluding hydrogens is 323 g/mol. The third-order valence-electron chi connectivity index (χ3n) is 3.96. The van der Waals surface area contributed by atoms with Crippen LogP contribution in [0.4, 0.5) is 4.39 Å². The van der Waals surface area contributed by atoms with Gasteiger partial charge in [-0.05, 0) is 37.5 Å². The van der Waals surface area contributed by atoms with Gasteiger partial charge in [-0.15, -0.1) is 0 Å². The molecule has 2 rings (SSSR count). The van der Waals surface area contributed by atoms with E-state index < -0.39 is 5.60 Å². The minimum atomic E-state index is -0.688. The summed E-state index contributed by atoms with van der Waals surface area (Å²) in [6.45, 7) is 2.43. The fraction of sp³-hybridized carbons (Fsp3) is 0.562. The van der Waals surface area contributed by atoms with Crippen molar-refractivity contribution in [2.75, 3.05) is 6.61 Å². The number of benzene rings is 1. The fourth-order valence-corrected chi connectivity index (χ4v) is 3.24. The Labute approximate surface area is 127 Å². The van der Waals surface area contributed by atoms with Gasteiger partial charge in [-0.2, -0.15) is 0 Å². The molecule has 1 aliphatic carbocycles. The molecule has 0 saturated heterocycles. The number of Topliss-reactive ketones (excluding diaryl/α,β-unsaturated/α-hetero) is 1. The number of rotatable bonds is 5. The topological polar surface area (TPSA) is 26.3 Å². The Balaban J connectivity index is 2.15. The number of carbonyl (C=O) groups excluding carboxylic acids is 1. The molecule has 0 spiro atoms. The van der Waals surface area contributed by atoms with Crippen molar-refractivity contribution in [2.24, 2.45) is 0 Å². The minimum Gasteiger partial charge on any atom is -0.367 e. The summed E-state index contributed by atoms with van der Waals surface area (Å²) in [6, 6.07) is 4.83. The second-order valence-electron chi connectivity index (χ2n) is 5.32. The van der Waals surface area contributed by atoms with Gasteiger partial charge in [0.25, 0.3) is 0 Å². The van der Waals surface area contributed by atoms with E-state index in [1.807, 2.05) is 6.92 Å². The van der Waals surface area contributed by atoms with Gasteiger partial charge in [0.1, 0.15) is 11.4 Å². The molecule has 1 aromatic carbocycles. The number of carbonyl (C=O) groups is 1. The lowest BCUT2D eigenvalue weighted by atomic mass is 9.79. The van der Waals surface area contributed by atoms with Crippen molar-refractivity contribution in [1.29, 1.82) is 0 Å². The Morgan fingerprint density at radius 1 is 1.35 bits per heavy atom. The largest absolute Gasteiger partial charge is 0.367 e. The molecule has 0 radical (unpaired) electrons. The van der Waals surface area contributed by atoms with Crippen LogP contribution in [0.15, 0.2) is 22.7 Å². The summed E-state index contributed by atoms with van der Waals surface area (Å²) in [4.78, 5) is 12.6. The van der Waals surface area contributed by atoms with Crippen LogP contribution in [-0.2, 0) is 16.0 Å². The number of halogens is 2. The van der Waals surface area contributed by atoms with Crippen LogP contribution in [0.25, 0.3) is 0 Å². The first-order chi connectivity index (χ1) is 9.57. The van der Waals surface area contributed by atoms with Gasteiger partial charge in [0.05, 0.1) is 0 Å². The lowest BCUT2D eigenvalue weighted by Gasteiger charge is -2.35. The Bertz CT molecular complexity index is 476. The van der Waals surface area contributed by atoms with Gasteiger partial charge in [0.15, 0.2) is 5.78 Å². The quantitative estimate of drug-likeness (QED) is 0.790. The smallest absolute Gasteiger partial charge is 0.169 e. The molecule has 0 N–H and O–H groups in total. The Morgan fingerprint density at radius 2 is 2.05 bits per heavy atom. The maximum Gasteiger partial charge on any atom is 0.169 e. The van der Waals surface area contributed by atoms with Crippen molar-refractivity contribution in [3.05, 3.63) is 34.1 Å². The predicted molar refractivity (Wildman–Crippen MR) is 80.3 cm³/mol. The van der Waals surface area contributed by atoms with Crippen molar-refractivity contribution >= 4 is 21.7 Å². The highest BCUT2D eigenvalue weighted by molar-refractivity contribution is 9.10. The summed E-state index contributed by atoms with van der Waals surface area (Å²) >= 11 is 3.22. The third-order valence-corrected chi connectivity index (χ3v) is 4.45. The van der Waals surface area contributed by atoms with Gasteiger partial charge in [-0.3, -0.25) is 4.79 Å². The molecule has 0 heterocycles. The van der Waals surface area contributed by atoms with Crippen LogP contribution in [0.5, 0.6) is 0 Å². The maximum absolute atomic E-state index is 13.9. The van der Waals surface area contributed by atoms with Crippen LogP contribution in [0.2, 0.25) is 0 Å². The second kappa shape index (κ2) is 6.81. The summed E-state index contributed by atoms with van der Waals surface area (Å²) in [7, 11) is 0. The number of hydrogen-bond donors (Lipinski definition) is 0. The average Bonchev–Trinajstić information content (AvgIpc) is 2.43. The zero-order valence-corrected chi connectivity index (χ0v) is 13.3. The van der Waals surface area contributed by atoms with Crippen molar-refractivity contribution in [1.82, 2.24) is 0 Å². The number of hydrogen-bond acceptors (Lipinski definition) is 2. The van der Waals surface area contributed by atoms with E-state index in [2.05, 4.69) is 15.9 Å². The highest BCUT2D eigenvalue weighted by Gasteiger charge is 2.39. The first-order valence-corrected chi connectivity index (χ1v) is 7.98. The molecule has 0 amide bonds. The van der Waals surface area contributed by atoms with Crippen molar-refractivity contribution in [3.8, 4) is 0 Å². The number of ketones is 1. The highest BCUT2D eigenvalue weighted by atomic mass is 79.9. The van der Waals surface area contributed by atoms with Gasteiger partial charge >= 0.3 is 0 Å². The van der Waals surface area contributed by atoms with E-state index in [9.17, 15) is 9.18 Å². The minimum absolute atomic E-state index is 0.0141. The zero-order chi connectivity index (χ0) is 14.6. The summed E-state index contributed by atoms with van der Waals surface area (Å²) in [5.74, 6) is -0.324. The van der Waals surface area contributed by atoms with Crippen LogP contribution >= 0.6 is 15.9 Å². The summed E-state index contributed by atoms with van der Waals surface area (Å²) in [6.07, 6.45) is 4.80. The first-order valence-electron chi connectivity index (χ1n) is 7.18. The first kappa shape index (κ1) is 15.6. The van der Waals surface area contributed by atoms with Crippen LogP contribution in [-0.4, -0.2) is 18.0 Å². The fourth-order valence-electron chi connectivity index (χ4n) is 2.90. The highest BCUT2D eigenvalue weighted by Crippen LogP contribution is 2.33. The number of ether oxygens (including phenoxy) is 1. The lowest BCUT2D eigenvalue weighted by molar-refractivity contribution is -0.148. The van der Waals surface area contributed by atoms with E-state index in [-0.39, 0.29) is 18.0 Å². The summed E-state index contributed by atoms with van der Waals surface area (Å²) in [5, 5.41) is 0. The zero-order valence-electron chi connectivity index (χ0n) is 11.8. The standard InChI is InChI=1S/C16H20BrFO2/c1-2-20-16(8-4-3-5-9-16)15(19)10-12-6-7-13(17)11-14(12)18/h6-7,11H,2-5,8-10H2,1H3. The van der Waals surface area contributed by atoms with Gasteiger partial charge in [0.2, 0.25) is 0 Å². The molecule has 1 saturated carbocycles. The molecule has 0 atom stereocenters. The van der Waals surface area contributed by atoms with Gasteiger partial charge in [0, 0.05) is 17.5 Å². The molecule has 1 aliphatic rings. The SMILES string of the molecule is CCOC1(C(=O)Cc2ccc(Br)cc2F)CCCCC1. The van der Waals surface area contributed by atoms with Gasteiger partial charge in [-0.25, -0.2) is 4.39 Å². The molecular formula is C16H20BrFO2. The Kier molecular flexibility index (Phi) is 5.33. The lowest BCUT2D eigenvalue weighted by Crippen LogP contribution is -2.44. The third kappa shape index (κ3) is 3.47. The Hall–Kier alpha value is -0.740. The van der Waals surface area contributed by atoms with Crippen molar-refractivity contribution in [3.63, 3.8) is 0 Å². The molecule has 0 aromatic heterocycles. The molecule has 0 aliphatic heterocycles. The van der Waals surface area contributed by atoms with E-state index in [0.717, 1.165) is 32.1 Å². The Morgan fingerprint density at radius 3 is 2.65 bits per heavy atom. The molecule has 0 bridgehead atoms. The second-order valence-corrected chi connectivity index (χ2v) is 6.24. The molecule has 2 nitrogen and oxygen atoms in total. The van der Waals surface area contributed by atoms with Gasteiger partial charge in [-0.1, -0.05) is 41.3 Å². The normalized spacial score (nSPS) is 17.9. The monoisotopic (exact) mass is 342 g/mol. The van der Waals surface area contributed by atoms with Crippen LogP contribution < -0.4 is 0 Å². The van der Waals surface area contributed by atoms with E-state index in [1.54, 1.807) is 12.1 Å². The van der Waals surface area contributed by atoms with Gasteiger partial charge < -0.3 is 4.74 Å². The molecule has 110 valence electrons. The summed E-state index contributed by atoms with van der Waals surface area (Å²) < 4.78 is 20.3. The van der Waals surface area contributed by atoms with E-state index in [4.69, 9.17) is 4.74 Å². The molecule has 1 fully saturated rings.